The Morgan fingerprint density at radius 3 is 2.73 bits per heavy atom. The molecule has 1 atom stereocenters. The van der Waals surface area contributed by atoms with Crippen LogP contribution >= 0.6 is 12.4 Å². The van der Waals surface area contributed by atoms with Gasteiger partial charge in [-0.05, 0) is 44.0 Å². The quantitative estimate of drug-likeness (QED) is 0.924. The number of carbonyl (C=O) groups excluding carboxylic acids is 1. The average Bonchev–Trinajstić information content (AvgIpc) is 2.94. The predicted molar refractivity (Wildman–Crippen MR) is 83.8 cm³/mol. The largest absolute Gasteiger partial charge is 0.448 e. The van der Waals surface area contributed by atoms with Crippen LogP contribution in [0.15, 0.2) is 28.7 Å². The van der Waals surface area contributed by atoms with Gasteiger partial charge < -0.3 is 14.6 Å². The summed E-state index contributed by atoms with van der Waals surface area (Å²) in [5.41, 5.74) is 0.150. The van der Waals surface area contributed by atoms with Crippen molar-refractivity contribution < 1.29 is 13.6 Å². The maximum atomic E-state index is 13.6. The van der Waals surface area contributed by atoms with Crippen LogP contribution in [0, 0.1) is 11.7 Å². The molecule has 2 aromatic rings. The minimum atomic E-state index is -0.436. The molecule has 0 spiro atoms. The van der Waals surface area contributed by atoms with E-state index < -0.39 is 5.82 Å². The Morgan fingerprint density at radius 2 is 2.09 bits per heavy atom. The smallest absolute Gasteiger partial charge is 0.287 e. The van der Waals surface area contributed by atoms with Crippen LogP contribution in [0.4, 0.5) is 4.39 Å². The van der Waals surface area contributed by atoms with Crippen molar-refractivity contribution in [3.8, 4) is 0 Å². The normalized spacial score (nSPS) is 26.7. The van der Waals surface area contributed by atoms with Gasteiger partial charge in [-0.2, -0.15) is 0 Å². The minimum absolute atomic E-state index is 0. The van der Waals surface area contributed by atoms with Gasteiger partial charge in [-0.15, -0.1) is 12.4 Å². The van der Waals surface area contributed by atoms with Crippen LogP contribution in [0.25, 0.3) is 11.0 Å². The molecule has 6 heteroatoms. The highest BCUT2D eigenvalue weighted by Crippen LogP contribution is 2.28. The topological polar surface area (TPSA) is 45.5 Å². The maximum Gasteiger partial charge on any atom is 0.287 e. The molecule has 22 heavy (non-hydrogen) atoms. The van der Waals surface area contributed by atoms with Crippen LogP contribution in [-0.4, -0.2) is 36.5 Å². The molecule has 1 aromatic heterocycles. The number of carbonyl (C=O) groups is 1. The van der Waals surface area contributed by atoms with Gasteiger partial charge in [0.1, 0.15) is 0 Å². The molecule has 4 nitrogen and oxygen atoms in total. The zero-order valence-electron chi connectivity index (χ0n) is 12.0. The highest BCUT2D eigenvalue weighted by atomic mass is 35.5. The van der Waals surface area contributed by atoms with Crippen LogP contribution in [0.3, 0.4) is 0 Å². The van der Waals surface area contributed by atoms with Crippen molar-refractivity contribution in [3.63, 3.8) is 0 Å². The van der Waals surface area contributed by atoms with Crippen molar-refractivity contribution in [2.45, 2.75) is 18.9 Å². The molecule has 3 aliphatic heterocycles. The van der Waals surface area contributed by atoms with Gasteiger partial charge in [0.25, 0.3) is 5.91 Å². The van der Waals surface area contributed by atoms with Crippen LogP contribution in [0.1, 0.15) is 23.4 Å². The molecule has 4 heterocycles. The van der Waals surface area contributed by atoms with E-state index >= 15 is 0 Å². The summed E-state index contributed by atoms with van der Waals surface area (Å²) in [5.74, 6) is 0.0605. The summed E-state index contributed by atoms with van der Waals surface area (Å²) in [5, 5.41) is 3.67. The second kappa shape index (κ2) is 5.89. The maximum absolute atomic E-state index is 13.6. The number of nitrogens with one attached hydrogen (secondary N) is 1. The number of benzene rings is 1. The van der Waals surface area contributed by atoms with Gasteiger partial charge >= 0.3 is 0 Å². The standard InChI is InChI=1S/C16H17FN2O2.ClH/c17-12-3-1-2-11-8-14(21-15(11)12)16(20)18-13-9-19-6-4-10(13)5-7-19;/h1-3,8,10,13H,4-7,9H2,(H,18,20);1H/t13-;/m1./s1. The molecule has 3 aliphatic rings. The SMILES string of the molecule is Cl.O=C(N[C@@H]1CN2CCC1CC2)c1cc2cccc(F)c2o1. The van der Waals surface area contributed by atoms with Gasteiger partial charge in [-0.1, -0.05) is 12.1 Å². The van der Waals surface area contributed by atoms with Crippen LogP contribution in [0.2, 0.25) is 0 Å². The Balaban J connectivity index is 0.00000144. The molecule has 2 bridgehead atoms. The van der Waals surface area contributed by atoms with E-state index in [1.807, 2.05) is 0 Å². The number of para-hydroxylation sites is 1. The lowest BCUT2D eigenvalue weighted by Gasteiger charge is -2.44. The summed E-state index contributed by atoms with van der Waals surface area (Å²) in [6, 6.07) is 6.48. The molecule has 0 unspecified atom stereocenters. The minimum Gasteiger partial charge on any atom is -0.448 e. The summed E-state index contributed by atoms with van der Waals surface area (Å²) in [4.78, 5) is 14.7. The summed E-state index contributed by atoms with van der Waals surface area (Å²) >= 11 is 0. The second-order valence-corrected chi connectivity index (χ2v) is 5.99. The highest BCUT2D eigenvalue weighted by Gasteiger charge is 2.35. The van der Waals surface area contributed by atoms with Gasteiger partial charge in [0.15, 0.2) is 17.2 Å². The Labute approximate surface area is 134 Å². The van der Waals surface area contributed by atoms with Crippen molar-refractivity contribution in [1.82, 2.24) is 10.2 Å². The van der Waals surface area contributed by atoms with Crippen LogP contribution in [0.5, 0.6) is 0 Å². The summed E-state index contributed by atoms with van der Waals surface area (Å²) < 4.78 is 19.0. The molecule has 0 saturated carbocycles. The van der Waals surface area contributed by atoms with E-state index in [0.29, 0.717) is 11.3 Å². The number of nitrogens with zero attached hydrogens (tertiary/aromatic N) is 1. The van der Waals surface area contributed by atoms with E-state index in [4.69, 9.17) is 4.42 Å². The lowest BCUT2D eigenvalue weighted by molar-refractivity contribution is 0.0607. The lowest BCUT2D eigenvalue weighted by atomic mass is 9.84. The van der Waals surface area contributed by atoms with E-state index in [-0.39, 0.29) is 35.7 Å². The number of furan rings is 1. The Kier molecular flexibility index (Phi) is 4.10. The molecule has 1 aromatic carbocycles. The first-order valence-corrected chi connectivity index (χ1v) is 7.42. The molecule has 0 radical (unpaired) electrons. The number of rotatable bonds is 2. The molecule has 1 N–H and O–H groups in total. The Morgan fingerprint density at radius 1 is 1.32 bits per heavy atom. The van der Waals surface area contributed by atoms with Crippen molar-refractivity contribution in [3.05, 3.63) is 35.8 Å². The van der Waals surface area contributed by atoms with Crippen molar-refractivity contribution in [2.75, 3.05) is 19.6 Å². The number of fused-ring (bicyclic) bond motifs is 4. The van der Waals surface area contributed by atoms with Crippen molar-refractivity contribution in [2.24, 2.45) is 5.92 Å². The summed E-state index contributed by atoms with van der Waals surface area (Å²) in [6.45, 7) is 3.17. The fourth-order valence-electron chi connectivity index (χ4n) is 3.51. The van der Waals surface area contributed by atoms with E-state index in [2.05, 4.69) is 10.2 Å². The third kappa shape index (κ3) is 2.59. The number of halogens is 2. The fourth-order valence-corrected chi connectivity index (χ4v) is 3.51. The predicted octanol–water partition coefficient (Wildman–Crippen LogP) is 2.82. The van der Waals surface area contributed by atoms with Crippen molar-refractivity contribution >= 4 is 29.3 Å². The lowest BCUT2D eigenvalue weighted by Crippen LogP contribution is -2.57. The molecule has 5 rings (SSSR count). The molecule has 1 amide bonds. The van der Waals surface area contributed by atoms with E-state index in [9.17, 15) is 9.18 Å². The van der Waals surface area contributed by atoms with Crippen LogP contribution < -0.4 is 5.32 Å². The van der Waals surface area contributed by atoms with Crippen LogP contribution in [-0.2, 0) is 0 Å². The molecule has 3 fully saturated rings. The molecule has 118 valence electrons. The van der Waals surface area contributed by atoms with Gasteiger partial charge in [0.05, 0.1) is 0 Å². The second-order valence-electron chi connectivity index (χ2n) is 5.99. The Bertz CT molecular complexity index is 695. The van der Waals surface area contributed by atoms with E-state index in [1.165, 1.54) is 6.07 Å². The van der Waals surface area contributed by atoms with E-state index in [1.54, 1.807) is 18.2 Å². The number of hydrogen-bond donors (Lipinski definition) is 1. The Hall–Kier alpha value is -1.59. The number of hydrogen-bond acceptors (Lipinski definition) is 3. The molecular weight excluding hydrogens is 307 g/mol. The van der Waals surface area contributed by atoms with Gasteiger partial charge in [0.2, 0.25) is 0 Å². The van der Waals surface area contributed by atoms with Gasteiger partial charge in [-0.25, -0.2) is 4.39 Å². The monoisotopic (exact) mass is 324 g/mol. The summed E-state index contributed by atoms with van der Waals surface area (Å²) in [7, 11) is 0. The summed E-state index contributed by atoms with van der Waals surface area (Å²) in [6.07, 6.45) is 2.28. The zero-order chi connectivity index (χ0) is 14.4. The third-order valence-corrected chi connectivity index (χ3v) is 4.69. The average molecular weight is 325 g/mol. The van der Waals surface area contributed by atoms with E-state index in [0.717, 1.165) is 32.5 Å². The zero-order valence-corrected chi connectivity index (χ0v) is 12.9. The molecular formula is C16H18ClFN2O2. The molecule has 3 saturated heterocycles. The first-order valence-electron chi connectivity index (χ1n) is 7.42. The fraction of sp³-hybridized carbons (Fsp3) is 0.438. The first kappa shape index (κ1) is 15.3. The highest BCUT2D eigenvalue weighted by molar-refractivity contribution is 5.96. The van der Waals surface area contributed by atoms with Crippen molar-refractivity contribution in [1.29, 1.82) is 0 Å². The number of amides is 1. The first-order chi connectivity index (χ1) is 10.2. The van der Waals surface area contributed by atoms with Gasteiger partial charge in [0, 0.05) is 18.0 Å². The number of piperidine rings is 3. The molecule has 0 aliphatic carbocycles. The van der Waals surface area contributed by atoms with Gasteiger partial charge in [-0.3, -0.25) is 4.79 Å². The third-order valence-electron chi connectivity index (χ3n) is 4.69.